The van der Waals surface area contributed by atoms with Crippen LogP contribution >= 0.6 is 0 Å². The van der Waals surface area contributed by atoms with Crippen molar-refractivity contribution in [3.63, 3.8) is 0 Å². The largest absolute Gasteiger partial charge is 0.361 e. The van der Waals surface area contributed by atoms with Crippen molar-refractivity contribution in [2.45, 2.75) is 39.2 Å². The van der Waals surface area contributed by atoms with Crippen LogP contribution in [0.25, 0.3) is 10.9 Å². The number of hydrogen-bond acceptors (Lipinski definition) is 4. The van der Waals surface area contributed by atoms with Gasteiger partial charge in [0, 0.05) is 56.4 Å². The number of nitrogens with zero attached hydrogens (tertiary/aromatic N) is 3. The second-order valence-electron chi connectivity index (χ2n) is 8.52. The molecule has 0 radical (unpaired) electrons. The van der Waals surface area contributed by atoms with Crippen molar-refractivity contribution in [3.05, 3.63) is 62.9 Å². The molecule has 0 spiro atoms. The lowest BCUT2D eigenvalue weighted by Gasteiger charge is -2.34. The summed E-state index contributed by atoms with van der Waals surface area (Å²) in [6.07, 6.45) is 5.20. The van der Waals surface area contributed by atoms with Crippen molar-refractivity contribution in [3.8, 4) is 0 Å². The molecule has 3 aromatic rings. The molecule has 0 bridgehead atoms. The molecule has 2 aromatic heterocycles. The van der Waals surface area contributed by atoms with Crippen LogP contribution in [0.5, 0.6) is 0 Å². The summed E-state index contributed by atoms with van der Waals surface area (Å²) in [7, 11) is 1.50. The number of aromatic amines is 1. The minimum Gasteiger partial charge on any atom is -0.361 e. The molecule has 8 heteroatoms. The Bertz CT molecular complexity index is 1220. The number of hydrogen-bond donors (Lipinski definition) is 2. The molecule has 1 fully saturated rings. The van der Waals surface area contributed by atoms with Crippen LogP contribution in [0.15, 0.2) is 46.1 Å². The zero-order valence-electron chi connectivity index (χ0n) is 18.8. The van der Waals surface area contributed by atoms with Crippen molar-refractivity contribution in [1.82, 2.24) is 19.4 Å². The number of piperidine rings is 1. The van der Waals surface area contributed by atoms with Crippen molar-refractivity contribution >= 4 is 22.6 Å². The van der Waals surface area contributed by atoms with Crippen LogP contribution < -0.4 is 21.5 Å². The van der Waals surface area contributed by atoms with Crippen LogP contribution in [0.4, 0.5) is 5.82 Å². The van der Waals surface area contributed by atoms with E-state index in [0.29, 0.717) is 25.5 Å². The van der Waals surface area contributed by atoms with E-state index in [-0.39, 0.29) is 23.1 Å². The zero-order chi connectivity index (χ0) is 22.7. The topological polar surface area (TPSA) is 92.1 Å². The summed E-state index contributed by atoms with van der Waals surface area (Å²) in [5.74, 6) is 0.486. The molecule has 1 aromatic carbocycles. The van der Waals surface area contributed by atoms with E-state index in [9.17, 15) is 14.4 Å². The quantitative estimate of drug-likeness (QED) is 0.592. The summed E-state index contributed by atoms with van der Waals surface area (Å²) in [6.45, 7) is 4.36. The molecule has 0 saturated carbocycles. The Morgan fingerprint density at radius 3 is 2.88 bits per heavy atom. The van der Waals surface area contributed by atoms with Crippen molar-refractivity contribution < 1.29 is 4.79 Å². The van der Waals surface area contributed by atoms with Gasteiger partial charge in [0.1, 0.15) is 5.82 Å². The highest BCUT2D eigenvalue weighted by atomic mass is 16.2. The molecular weight excluding hydrogens is 406 g/mol. The summed E-state index contributed by atoms with van der Waals surface area (Å²) < 4.78 is 2.79. The van der Waals surface area contributed by atoms with E-state index in [1.54, 1.807) is 4.57 Å². The SMILES string of the molecule is CCCn1c(N2CCCC(C(=O)NCCc3c[nH]c4ccccc34)C2)cc(=O)n(C)c1=O. The molecule has 1 aliphatic heterocycles. The molecular formula is C24H31N5O3. The number of anilines is 1. The summed E-state index contributed by atoms with van der Waals surface area (Å²) in [4.78, 5) is 43.1. The Labute approximate surface area is 186 Å². The Kier molecular flexibility index (Phi) is 6.48. The smallest absolute Gasteiger partial charge is 0.332 e. The molecule has 3 heterocycles. The highest BCUT2D eigenvalue weighted by Crippen LogP contribution is 2.22. The van der Waals surface area contributed by atoms with Gasteiger partial charge < -0.3 is 15.2 Å². The van der Waals surface area contributed by atoms with Gasteiger partial charge >= 0.3 is 5.69 Å². The summed E-state index contributed by atoms with van der Waals surface area (Å²) in [6, 6.07) is 9.67. The Morgan fingerprint density at radius 2 is 2.06 bits per heavy atom. The normalized spacial score (nSPS) is 16.4. The maximum Gasteiger partial charge on any atom is 0.332 e. The number of H-pyrrole nitrogens is 1. The van der Waals surface area contributed by atoms with Crippen molar-refractivity contribution in [2.24, 2.45) is 13.0 Å². The number of carbonyl (C=O) groups excluding carboxylic acids is 1. The maximum atomic E-state index is 12.9. The molecule has 32 heavy (non-hydrogen) atoms. The molecule has 4 rings (SSSR count). The molecule has 1 atom stereocenters. The van der Waals surface area contributed by atoms with Gasteiger partial charge in [-0.2, -0.15) is 0 Å². The monoisotopic (exact) mass is 437 g/mol. The maximum absolute atomic E-state index is 12.9. The third-order valence-electron chi connectivity index (χ3n) is 6.31. The average molecular weight is 438 g/mol. The number of rotatable bonds is 7. The predicted molar refractivity (Wildman–Crippen MR) is 126 cm³/mol. The first-order valence-electron chi connectivity index (χ1n) is 11.4. The van der Waals surface area contributed by atoms with Crippen LogP contribution in [-0.2, 0) is 24.8 Å². The van der Waals surface area contributed by atoms with Gasteiger partial charge in [-0.15, -0.1) is 0 Å². The van der Waals surface area contributed by atoms with Gasteiger partial charge in [-0.05, 0) is 37.3 Å². The predicted octanol–water partition coefficient (Wildman–Crippen LogP) is 2.01. The third kappa shape index (κ3) is 4.35. The second-order valence-corrected chi connectivity index (χ2v) is 8.52. The summed E-state index contributed by atoms with van der Waals surface area (Å²) >= 11 is 0. The van der Waals surface area contributed by atoms with Crippen molar-refractivity contribution in [1.29, 1.82) is 0 Å². The molecule has 1 saturated heterocycles. The fraction of sp³-hybridized carbons (Fsp3) is 0.458. The number of benzene rings is 1. The lowest BCUT2D eigenvalue weighted by molar-refractivity contribution is -0.125. The highest BCUT2D eigenvalue weighted by Gasteiger charge is 2.27. The molecule has 1 unspecified atom stereocenters. The summed E-state index contributed by atoms with van der Waals surface area (Å²) in [5, 5.41) is 4.27. The average Bonchev–Trinajstić information content (AvgIpc) is 3.22. The van der Waals surface area contributed by atoms with E-state index in [0.717, 1.165) is 42.3 Å². The number of para-hydroxylation sites is 1. The van der Waals surface area contributed by atoms with Gasteiger partial charge in [-0.3, -0.25) is 18.7 Å². The molecule has 170 valence electrons. The molecule has 8 nitrogen and oxygen atoms in total. The lowest BCUT2D eigenvalue weighted by Crippen LogP contribution is -2.47. The van der Waals surface area contributed by atoms with E-state index in [1.807, 2.05) is 36.2 Å². The summed E-state index contributed by atoms with van der Waals surface area (Å²) in [5.41, 5.74) is 1.67. The van der Waals surface area contributed by atoms with Crippen LogP contribution in [-0.4, -0.2) is 39.7 Å². The number of nitrogens with one attached hydrogen (secondary N) is 2. The molecule has 1 aliphatic rings. The Morgan fingerprint density at radius 1 is 1.25 bits per heavy atom. The minimum absolute atomic E-state index is 0.0303. The molecule has 0 aliphatic carbocycles. The first kappa shape index (κ1) is 21.9. The Hall–Kier alpha value is -3.29. The first-order chi connectivity index (χ1) is 15.5. The van der Waals surface area contributed by atoms with E-state index < -0.39 is 0 Å². The number of carbonyl (C=O) groups is 1. The van der Waals surface area contributed by atoms with E-state index in [4.69, 9.17) is 0 Å². The van der Waals surface area contributed by atoms with Gasteiger partial charge in [-0.1, -0.05) is 25.1 Å². The van der Waals surface area contributed by atoms with Gasteiger partial charge in [0.15, 0.2) is 0 Å². The van der Waals surface area contributed by atoms with Crippen molar-refractivity contribution in [2.75, 3.05) is 24.5 Å². The van der Waals surface area contributed by atoms with E-state index >= 15 is 0 Å². The number of amides is 1. The van der Waals surface area contributed by atoms with Crippen LogP contribution in [0.1, 0.15) is 31.7 Å². The first-order valence-corrected chi connectivity index (χ1v) is 11.4. The fourth-order valence-electron chi connectivity index (χ4n) is 4.56. The zero-order valence-corrected chi connectivity index (χ0v) is 18.8. The third-order valence-corrected chi connectivity index (χ3v) is 6.31. The van der Waals surface area contributed by atoms with Gasteiger partial charge in [0.2, 0.25) is 5.91 Å². The molecule has 2 N–H and O–H groups in total. The lowest BCUT2D eigenvalue weighted by atomic mass is 9.97. The Balaban J connectivity index is 1.42. The fourth-order valence-corrected chi connectivity index (χ4v) is 4.56. The van der Waals surface area contributed by atoms with Crippen LogP contribution in [0.2, 0.25) is 0 Å². The number of fused-ring (bicyclic) bond motifs is 1. The minimum atomic E-state index is -0.317. The number of aromatic nitrogens is 3. The van der Waals surface area contributed by atoms with E-state index in [2.05, 4.69) is 16.4 Å². The van der Waals surface area contributed by atoms with Gasteiger partial charge in [0.05, 0.1) is 5.92 Å². The van der Waals surface area contributed by atoms with Gasteiger partial charge in [0.25, 0.3) is 5.56 Å². The standard InChI is InChI=1S/C24H31N5O3/c1-3-12-29-21(14-22(30)27(2)24(29)32)28-13-6-7-18(16-28)23(31)25-11-10-17-15-26-20-9-5-4-8-19(17)20/h4-5,8-9,14-15,18,26H,3,6-7,10-13,16H2,1-2H3,(H,25,31). The van der Waals surface area contributed by atoms with Gasteiger partial charge in [-0.25, -0.2) is 4.79 Å². The van der Waals surface area contributed by atoms with Crippen LogP contribution in [0, 0.1) is 5.92 Å². The second kappa shape index (κ2) is 9.46. The van der Waals surface area contributed by atoms with Crippen LogP contribution in [0.3, 0.4) is 0 Å². The van der Waals surface area contributed by atoms with E-state index in [1.165, 1.54) is 24.1 Å². The highest BCUT2D eigenvalue weighted by molar-refractivity contribution is 5.83. The molecule has 1 amide bonds.